The van der Waals surface area contributed by atoms with Crippen molar-refractivity contribution in [2.45, 2.75) is 18.9 Å². The van der Waals surface area contributed by atoms with E-state index in [9.17, 15) is 14.7 Å². The summed E-state index contributed by atoms with van der Waals surface area (Å²) >= 11 is 0. The standard InChI is InChI=1S/C15H19N3O3/c19-13-3-1-2-12(8-13)17-9-14(20)18(15(21)10-17)11-4-6-16-7-5-11/h1-3,8,11,16,19H,4-7,9-10H2. The number of imide groups is 1. The molecule has 0 bridgehead atoms. The van der Waals surface area contributed by atoms with Gasteiger partial charge in [-0.3, -0.25) is 14.5 Å². The normalized spacial score (nSPS) is 21.0. The van der Waals surface area contributed by atoms with E-state index in [1.807, 2.05) is 0 Å². The molecule has 112 valence electrons. The molecule has 3 rings (SSSR count). The van der Waals surface area contributed by atoms with Gasteiger partial charge in [0.2, 0.25) is 11.8 Å². The first-order valence-corrected chi connectivity index (χ1v) is 7.25. The molecule has 6 heteroatoms. The monoisotopic (exact) mass is 289 g/mol. The molecule has 2 aliphatic heterocycles. The van der Waals surface area contributed by atoms with Crippen LogP contribution in [0.3, 0.4) is 0 Å². The predicted molar refractivity (Wildman–Crippen MR) is 78.1 cm³/mol. The number of amides is 2. The quantitative estimate of drug-likeness (QED) is 0.767. The Bertz CT molecular complexity index is 537. The lowest BCUT2D eigenvalue weighted by Crippen LogP contribution is -2.59. The number of phenolic OH excluding ortho intramolecular Hbond substituents is 1. The molecule has 0 radical (unpaired) electrons. The molecule has 6 nitrogen and oxygen atoms in total. The molecule has 0 saturated carbocycles. The number of anilines is 1. The number of carbonyl (C=O) groups is 2. The molecule has 2 heterocycles. The van der Waals surface area contributed by atoms with Crippen molar-refractivity contribution in [1.82, 2.24) is 10.2 Å². The zero-order valence-electron chi connectivity index (χ0n) is 11.8. The number of aromatic hydroxyl groups is 1. The number of benzene rings is 1. The Morgan fingerprint density at radius 3 is 2.38 bits per heavy atom. The summed E-state index contributed by atoms with van der Waals surface area (Å²) in [5.41, 5.74) is 0.696. The van der Waals surface area contributed by atoms with Crippen LogP contribution in [0, 0.1) is 0 Å². The minimum absolute atomic E-state index is 0.0255. The van der Waals surface area contributed by atoms with E-state index in [0.717, 1.165) is 25.9 Å². The van der Waals surface area contributed by atoms with Crippen LogP contribution in [0.1, 0.15) is 12.8 Å². The topological polar surface area (TPSA) is 72.9 Å². The van der Waals surface area contributed by atoms with Gasteiger partial charge in [0.15, 0.2) is 0 Å². The Kier molecular flexibility index (Phi) is 3.79. The SMILES string of the molecule is O=C1CN(c2cccc(O)c2)CC(=O)N1C1CCNCC1. The molecule has 1 aromatic rings. The molecular weight excluding hydrogens is 270 g/mol. The third-order valence-electron chi connectivity index (χ3n) is 4.06. The molecule has 2 N–H and O–H groups in total. The summed E-state index contributed by atoms with van der Waals surface area (Å²) in [5.74, 6) is -0.170. The second-order valence-corrected chi connectivity index (χ2v) is 5.51. The number of phenols is 1. The van der Waals surface area contributed by atoms with Crippen LogP contribution in [-0.2, 0) is 9.59 Å². The summed E-state index contributed by atoms with van der Waals surface area (Å²) in [4.78, 5) is 27.9. The lowest BCUT2D eigenvalue weighted by Gasteiger charge is -2.39. The van der Waals surface area contributed by atoms with Crippen molar-refractivity contribution in [2.75, 3.05) is 31.1 Å². The van der Waals surface area contributed by atoms with Gasteiger partial charge in [0, 0.05) is 17.8 Å². The Labute approximate surface area is 123 Å². The second-order valence-electron chi connectivity index (χ2n) is 5.51. The maximum Gasteiger partial charge on any atom is 0.249 e. The first kappa shape index (κ1) is 13.9. The molecular formula is C15H19N3O3. The maximum absolute atomic E-state index is 12.4. The molecule has 21 heavy (non-hydrogen) atoms. The van der Waals surface area contributed by atoms with Crippen molar-refractivity contribution < 1.29 is 14.7 Å². The zero-order chi connectivity index (χ0) is 14.8. The minimum Gasteiger partial charge on any atom is -0.508 e. The fraction of sp³-hybridized carbons (Fsp3) is 0.467. The van der Waals surface area contributed by atoms with E-state index in [1.165, 1.54) is 4.90 Å². The lowest BCUT2D eigenvalue weighted by atomic mass is 10.0. The second kappa shape index (κ2) is 5.73. The fourth-order valence-electron chi connectivity index (χ4n) is 3.02. The van der Waals surface area contributed by atoms with Gasteiger partial charge in [-0.1, -0.05) is 6.07 Å². The van der Waals surface area contributed by atoms with E-state index in [4.69, 9.17) is 0 Å². The van der Waals surface area contributed by atoms with Crippen LogP contribution in [0.15, 0.2) is 24.3 Å². The summed E-state index contributed by atoms with van der Waals surface area (Å²) in [5, 5.41) is 12.8. The van der Waals surface area contributed by atoms with E-state index in [0.29, 0.717) is 5.69 Å². The van der Waals surface area contributed by atoms with Gasteiger partial charge in [-0.25, -0.2) is 0 Å². The highest BCUT2D eigenvalue weighted by Gasteiger charge is 2.36. The first-order valence-electron chi connectivity index (χ1n) is 7.25. The van der Waals surface area contributed by atoms with E-state index in [1.54, 1.807) is 29.2 Å². The smallest absolute Gasteiger partial charge is 0.249 e. The number of nitrogens with one attached hydrogen (secondary N) is 1. The average molecular weight is 289 g/mol. The van der Waals surface area contributed by atoms with Crippen LogP contribution in [0.5, 0.6) is 5.75 Å². The summed E-state index contributed by atoms with van der Waals surface area (Å²) in [6.45, 7) is 2.05. The van der Waals surface area contributed by atoms with Gasteiger partial charge < -0.3 is 15.3 Å². The van der Waals surface area contributed by atoms with Crippen LogP contribution in [0.4, 0.5) is 5.69 Å². The zero-order valence-corrected chi connectivity index (χ0v) is 11.8. The number of piperidine rings is 1. The van der Waals surface area contributed by atoms with Crippen molar-refractivity contribution in [3.8, 4) is 5.75 Å². The predicted octanol–water partition coefficient (Wildman–Crippen LogP) is 0.319. The van der Waals surface area contributed by atoms with Gasteiger partial charge >= 0.3 is 0 Å². The summed E-state index contributed by atoms with van der Waals surface area (Å²) in [7, 11) is 0. The first-order chi connectivity index (χ1) is 10.1. The van der Waals surface area contributed by atoms with Gasteiger partial charge in [-0.2, -0.15) is 0 Å². The Hall–Kier alpha value is -2.08. The van der Waals surface area contributed by atoms with Gasteiger partial charge in [-0.15, -0.1) is 0 Å². The van der Waals surface area contributed by atoms with Crippen molar-refractivity contribution in [2.24, 2.45) is 0 Å². The van der Waals surface area contributed by atoms with Crippen LogP contribution in [0.2, 0.25) is 0 Å². The number of rotatable bonds is 2. The average Bonchev–Trinajstić information content (AvgIpc) is 2.47. The number of carbonyl (C=O) groups excluding carboxylic acids is 2. The number of hydrogen-bond donors (Lipinski definition) is 2. The molecule has 0 aliphatic carbocycles. The van der Waals surface area contributed by atoms with Crippen molar-refractivity contribution >= 4 is 17.5 Å². The maximum atomic E-state index is 12.4. The molecule has 0 spiro atoms. The van der Waals surface area contributed by atoms with Crippen LogP contribution in [0.25, 0.3) is 0 Å². The Balaban J connectivity index is 1.74. The van der Waals surface area contributed by atoms with E-state index in [-0.39, 0.29) is 36.7 Å². The summed E-state index contributed by atoms with van der Waals surface area (Å²) in [6, 6.07) is 6.66. The van der Waals surface area contributed by atoms with Crippen molar-refractivity contribution in [1.29, 1.82) is 0 Å². The highest BCUT2D eigenvalue weighted by molar-refractivity contribution is 6.03. The molecule has 0 unspecified atom stereocenters. The number of piperazine rings is 1. The summed E-state index contributed by atoms with van der Waals surface area (Å²) < 4.78 is 0. The Morgan fingerprint density at radius 1 is 1.10 bits per heavy atom. The third kappa shape index (κ3) is 2.85. The van der Waals surface area contributed by atoms with Crippen molar-refractivity contribution in [3.63, 3.8) is 0 Å². The van der Waals surface area contributed by atoms with Gasteiger partial charge in [0.25, 0.3) is 0 Å². The van der Waals surface area contributed by atoms with E-state index < -0.39 is 0 Å². The van der Waals surface area contributed by atoms with E-state index >= 15 is 0 Å². The highest BCUT2D eigenvalue weighted by atomic mass is 16.3. The van der Waals surface area contributed by atoms with Crippen LogP contribution < -0.4 is 10.2 Å². The molecule has 1 aromatic carbocycles. The van der Waals surface area contributed by atoms with Crippen LogP contribution in [-0.4, -0.2) is 54.0 Å². The fourth-order valence-corrected chi connectivity index (χ4v) is 3.02. The summed E-state index contributed by atoms with van der Waals surface area (Å²) in [6.07, 6.45) is 1.65. The molecule has 0 aromatic heterocycles. The van der Waals surface area contributed by atoms with Crippen molar-refractivity contribution in [3.05, 3.63) is 24.3 Å². The molecule has 2 saturated heterocycles. The third-order valence-corrected chi connectivity index (χ3v) is 4.06. The number of hydrogen-bond acceptors (Lipinski definition) is 5. The molecule has 0 atom stereocenters. The Morgan fingerprint density at radius 2 is 1.76 bits per heavy atom. The van der Waals surface area contributed by atoms with Crippen LogP contribution >= 0.6 is 0 Å². The largest absolute Gasteiger partial charge is 0.508 e. The van der Waals surface area contributed by atoms with Gasteiger partial charge in [0.1, 0.15) is 5.75 Å². The molecule has 2 amide bonds. The lowest BCUT2D eigenvalue weighted by molar-refractivity contribution is -0.148. The molecule has 2 aliphatic rings. The molecule has 2 fully saturated rings. The highest BCUT2D eigenvalue weighted by Crippen LogP contribution is 2.24. The van der Waals surface area contributed by atoms with Gasteiger partial charge in [-0.05, 0) is 38.1 Å². The minimum atomic E-state index is -0.151. The number of nitrogens with zero attached hydrogens (tertiary/aromatic N) is 2. The van der Waals surface area contributed by atoms with Gasteiger partial charge in [0.05, 0.1) is 13.1 Å². The van der Waals surface area contributed by atoms with E-state index in [2.05, 4.69) is 5.32 Å².